The predicted octanol–water partition coefficient (Wildman–Crippen LogP) is 4.32. The maximum Gasteiger partial charge on any atom is 0.131 e. The van der Waals surface area contributed by atoms with Gasteiger partial charge < -0.3 is 19.3 Å². The van der Waals surface area contributed by atoms with Gasteiger partial charge in [-0.05, 0) is 47.8 Å². The van der Waals surface area contributed by atoms with Gasteiger partial charge in [-0.15, -0.1) is 11.3 Å². The van der Waals surface area contributed by atoms with Crippen molar-refractivity contribution in [2.75, 3.05) is 51.9 Å². The molecule has 0 amide bonds. The fourth-order valence-electron chi connectivity index (χ4n) is 4.66. The van der Waals surface area contributed by atoms with Crippen LogP contribution in [0.2, 0.25) is 0 Å². The summed E-state index contributed by atoms with van der Waals surface area (Å²) in [6.45, 7) is 5.58. The zero-order valence-corrected chi connectivity index (χ0v) is 17.3. The quantitative estimate of drug-likeness (QED) is 0.660. The molecular formula is C23H26N2O2S. The second-order valence-electron chi connectivity index (χ2n) is 7.75. The molecule has 2 aromatic carbocycles. The molecule has 3 heterocycles. The van der Waals surface area contributed by atoms with Crippen molar-refractivity contribution in [2.24, 2.45) is 0 Å². The minimum Gasteiger partial charge on any atom is -0.496 e. The summed E-state index contributed by atoms with van der Waals surface area (Å²) in [5.74, 6) is 1.36. The highest BCUT2D eigenvalue weighted by molar-refractivity contribution is 7.17. The Hall–Kier alpha value is -2.08. The fraction of sp³-hybridized carbons (Fsp3) is 0.391. The molecule has 1 aromatic heterocycles. The summed E-state index contributed by atoms with van der Waals surface area (Å²) in [5, 5.41) is 3.37. The maximum absolute atomic E-state index is 5.91. The highest BCUT2D eigenvalue weighted by atomic mass is 32.1. The van der Waals surface area contributed by atoms with Crippen LogP contribution in [0.1, 0.15) is 22.6 Å². The van der Waals surface area contributed by atoms with Crippen molar-refractivity contribution in [1.82, 2.24) is 4.90 Å². The molecule has 1 unspecified atom stereocenters. The van der Waals surface area contributed by atoms with Crippen LogP contribution in [0.5, 0.6) is 5.75 Å². The van der Waals surface area contributed by atoms with Crippen molar-refractivity contribution in [2.45, 2.75) is 12.5 Å². The lowest BCUT2D eigenvalue weighted by atomic mass is 9.83. The number of rotatable bonds is 3. The van der Waals surface area contributed by atoms with Crippen LogP contribution in [0.25, 0.3) is 10.1 Å². The fourth-order valence-corrected chi connectivity index (χ4v) is 5.44. The Labute approximate surface area is 170 Å². The van der Waals surface area contributed by atoms with Crippen molar-refractivity contribution in [1.29, 1.82) is 0 Å². The SMILES string of the molecule is COc1c(C2CN(C)Cc3cc(N4CCOCC4)ccc32)ccc2sccc12. The first kappa shape index (κ1) is 18.0. The van der Waals surface area contributed by atoms with Crippen molar-refractivity contribution >= 4 is 27.1 Å². The van der Waals surface area contributed by atoms with Crippen molar-refractivity contribution < 1.29 is 9.47 Å². The van der Waals surface area contributed by atoms with Crippen LogP contribution in [-0.2, 0) is 11.3 Å². The van der Waals surface area contributed by atoms with Gasteiger partial charge in [0.05, 0.1) is 20.3 Å². The van der Waals surface area contributed by atoms with Crippen molar-refractivity contribution in [3.05, 3.63) is 58.5 Å². The summed E-state index contributed by atoms with van der Waals surface area (Å²) in [5.41, 5.74) is 5.47. The largest absolute Gasteiger partial charge is 0.496 e. The van der Waals surface area contributed by atoms with Gasteiger partial charge in [-0.25, -0.2) is 0 Å². The molecule has 0 spiro atoms. The molecule has 2 aliphatic rings. The number of hydrogen-bond donors (Lipinski definition) is 0. The first-order valence-electron chi connectivity index (χ1n) is 9.93. The molecule has 5 rings (SSSR count). The van der Waals surface area contributed by atoms with E-state index < -0.39 is 0 Å². The number of likely N-dealkylation sites (N-methyl/N-ethyl adjacent to an activating group) is 1. The smallest absolute Gasteiger partial charge is 0.131 e. The molecule has 1 fully saturated rings. The summed E-state index contributed by atoms with van der Waals surface area (Å²) in [6, 6.07) is 13.7. The molecule has 2 aliphatic heterocycles. The van der Waals surface area contributed by atoms with Gasteiger partial charge in [-0.2, -0.15) is 0 Å². The number of hydrogen-bond acceptors (Lipinski definition) is 5. The van der Waals surface area contributed by atoms with E-state index in [0.29, 0.717) is 5.92 Å². The molecular weight excluding hydrogens is 368 g/mol. The van der Waals surface area contributed by atoms with Crippen molar-refractivity contribution in [3.8, 4) is 5.75 Å². The monoisotopic (exact) mass is 394 g/mol. The van der Waals surface area contributed by atoms with Gasteiger partial charge in [0.2, 0.25) is 0 Å². The summed E-state index contributed by atoms with van der Waals surface area (Å²) >= 11 is 1.77. The van der Waals surface area contributed by atoms with E-state index >= 15 is 0 Å². The van der Waals surface area contributed by atoms with Gasteiger partial charge in [-0.3, -0.25) is 0 Å². The van der Waals surface area contributed by atoms with Crippen LogP contribution >= 0.6 is 11.3 Å². The molecule has 1 saturated heterocycles. The zero-order chi connectivity index (χ0) is 19.1. The van der Waals surface area contributed by atoms with Gasteiger partial charge in [0.15, 0.2) is 0 Å². The number of benzene rings is 2. The van der Waals surface area contributed by atoms with Crippen LogP contribution in [0.4, 0.5) is 5.69 Å². The number of anilines is 1. The molecule has 28 heavy (non-hydrogen) atoms. The molecule has 3 aromatic rings. The first-order valence-corrected chi connectivity index (χ1v) is 10.8. The molecule has 5 heteroatoms. The number of thiophene rings is 1. The Morgan fingerprint density at radius 1 is 1.07 bits per heavy atom. The third-order valence-corrected chi connectivity index (χ3v) is 6.89. The van der Waals surface area contributed by atoms with Crippen LogP contribution in [0, 0.1) is 0 Å². The Balaban J connectivity index is 1.57. The summed E-state index contributed by atoms with van der Waals surface area (Å²) in [6.07, 6.45) is 0. The second-order valence-corrected chi connectivity index (χ2v) is 8.70. The third kappa shape index (κ3) is 3.08. The Kier molecular flexibility index (Phi) is 4.75. The Morgan fingerprint density at radius 3 is 2.71 bits per heavy atom. The number of fused-ring (bicyclic) bond motifs is 2. The molecule has 0 saturated carbocycles. The summed E-state index contributed by atoms with van der Waals surface area (Å²) < 4.78 is 12.7. The van der Waals surface area contributed by atoms with E-state index in [1.54, 1.807) is 18.4 Å². The van der Waals surface area contributed by atoms with E-state index in [1.807, 2.05) is 0 Å². The highest BCUT2D eigenvalue weighted by Crippen LogP contribution is 2.42. The van der Waals surface area contributed by atoms with Gasteiger partial charge >= 0.3 is 0 Å². The van der Waals surface area contributed by atoms with E-state index in [9.17, 15) is 0 Å². The van der Waals surface area contributed by atoms with E-state index in [4.69, 9.17) is 9.47 Å². The maximum atomic E-state index is 5.91. The van der Waals surface area contributed by atoms with E-state index in [2.05, 4.69) is 58.6 Å². The van der Waals surface area contributed by atoms with Gasteiger partial charge in [0, 0.05) is 53.4 Å². The number of ether oxygens (including phenoxy) is 2. The van der Waals surface area contributed by atoms with Crippen LogP contribution < -0.4 is 9.64 Å². The molecule has 0 radical (unpaired) electrons. The lowest BCUT2D eigenvalue weighted by molar-refractivity contribution is 0.122. The normalized spacial score (nSPS) is 20.4. The standard InChI is InChI=1S/C23H26N2O2S/c1-24-14-16-13-17(25-8-10-27-11-9-25)3-4-18(16)21(15-24)19-5-6-22-20(7-12-28-22)23(19)26-2/h3-7,12-13,21H,8-11,14-15H2,1-2H3. The minimum atomic E-state index is 0.326. The molecule has 4 nitrogen and oxygen atoms in total. The van der Waals surface area contributed by atoms with Gasteiger partial charge in [-0.1, -0.05) is 12.1 Å². The average molecular weight is 395 g/mol. The van der Waals surface area contributed by atoms with Crippen LogP contribution in [-0.4, -0.2) is 51.9 Å². The molecule has 0 N–H and O–H groups in total. The summed E-state index contributed by atoms with van der Waals surface area (Å²) in [7, 11) is 4.01. The summed E-state index contributed by atoms with van der Waals surface area (Å²) in [4.78, 5) is 4.86. The molecule has 146 valence electrons. The number of morpholine rings is 1. The lowest BCUT2D eigenvalue weighted by Crippen LogP contribution is -2.37. The highest BCUT2D eigenvalue weighted by Gasteiger charge is 2.28. The minimum absolute atomic E-state index is 0.326. The zero-order valence-electron chi connectivity index (χ0n) is 16.5. The Bertz CT molecular complexity index is 993. The third-order valence-electron chi connectivity index (χ3n) is 6.01. The van der Waals surface area contributed by atoms with Crippen LogP contribution in [0.15, 0.2) is 41.8 Å². The predicted molar refractivity (Wildman–Crippen MR) is 116 cm³/mol. The molecule has 1 atom stereocenters. The number of methoxy groups -OCH3 is 1. The van der Waals surface area contributed by atoms with Gasteiger partial charge in [0.25, 0.3) is 0 Å². The van der Waals surface area contributed by atoms with E-state index in [1.165, 1.54) is 32.5 Å². The topological polar surface area (TPSA) is 24.9 Å². The Morgan fingerprint density at radius 2 is 1.89 bits per heavy atom. The lowest BCUT2D eigenvalue weighted by Gasteiger charge is -2.35. The van der Waals surface area contributed by atoms with Crippen LogP contribution in [0.3, 0.4) is 0 Å². The second kappa shape index (κ2) is 7.39. The molecule has 0 bridgehead atoms. The van der Waals surface area contributed by atoms with E-state index in [-0.39, 0.29) is 0 Å². The van der Waals surface area contributed by atoms with Gasteiger partial charge in [0.1, 0.15) is 5.75 Å². The average Bonchev–Trinajstić information content (AvgIpc) is 3.21. The first-order chi connectivity index (χ1) is 13.7. The van der Waals surface area contributed by atoms with Crippen molar-refractivity contribution in [3.63, 3.8) is 0 Å². The molecule has 0 aliphatic carbocycles. The van der Waals surface area contributed by atoms with E-state index in [0.717, 1.165) is 45.1 Å². The number of nitrogens with zero attached hydrogens (tertiary/aromatic N) is 2.